The van der Waals surface area contributed by atoms with Gasteiger partial charge < -0.3 is 10.1 Å². The van der Waals surface area contributed by atoms with Crippen molar-refractivity contribution in [3.05, 3.63) is 0 Å². The summed E-state index contributed by atoms with van der Waals surface area (Å²) in [6.07, 6.45) is 2.58. The molecule has 0 aromatic carbocycles. The van der Waals surface area contributed by atoms with E-state index in [0.29, 0.717) is 6.04 Å². The number of nitrogens with one attached hydrogen (secondary N) is 1. The molecule has 1 rings (SSSR count). The SMILES string of the molecule is COCC(=O)NC[C@H](C)N1CCCC1. The fourth-order valence-corrected chi connectivity index (χ4v) is 1.76. The quantitative estimate of drug-likeness (QED) is 0.691. The van der Waals surface area contributed by atoms with E-state index >= 15 is 0 Å². The molecule has 1 fully saturated rings. The van der Waals surface area contributed by atoms with Crippen LogP contribution in [0.15, 0.2) is 0 Å². The number of likely N-dealkylation sites (tertiary alicyclic amines) is 1. The first-order chi connectivity index (χ1) is 6.74. The highest BCUT2D eigenvalue weighted by Crippen LogP contribution is 2.10. The Hall–Kier alpha value is -0.610. The van der Waals surface area contributed by atoms with Gasteiger partial charge in [0.15, 0.2) is 0 Å². The van der Waals surface area contributed by atoms with Crippen LogP contribution in [0, 0.1) is 0 Å². The molecular formula is C10H20N2O2. The monoisotopic (exact) mass is 200 g/mol. The highest BCUT2D eigenvalue weighted by molar-refractivity contribution is 5.77. The molecule has 0 unspecified atom stereocenters. The van der Waals surface area contributed by atoms with E-state index in [9.17, 15) is 4.79 Å². The third-order valence-electron chi connectivity index (χ3n) is 2.63. The summed E-state index contributed by atoms with van der Waals surface area (Å²) in [5.41, 5.74) is 0. The molecule has 1 N–H and O–H groups in total. The second-order valence-corrected chi connectivity index (χ2v) is 3.83. The number of amides is 1. The Labute approximate surface area is 85.6 Å². The first kappa shape index (κ1) is 11.5. The van der Waals surface area contributed by atoms with Crippen molar-refractivity contribution >= 4 is 5.91 Å². The molecule has 1 aliphatic rings. The van der Waals surface area contributed by atoms with Gasteiger partial charge in [0.05, 0.1) is 0 Å². The lowest BCUT2D eigenvalue weighted by atomic mass is 10.3. The lowest BCUT2D eigenvalue weighted by molar-refractivity contribution is -0.124. The molecule has 0 bridgehead atoms. The first-order valence-corrected chi connectivity index (χ1v) is 5.23. The number of methoxy groups -OCH3 is 1. The number of carbonyl (C=O) groups excluding carboxylic acids is 1. The van der Waals surface area contributed by atoms with E-state index < -0.39 is 0 Å². The van der Waals surface area contributed by atoms with Crippen LogP contribution in [-0.2, 0) is 9.53 Å². The van der Waals surface area contributed by atoms with Crippen molar-refractivity contribution < 1.29 is 9.53 Å². The molecule has 0 radical (unpaired) electrons. The van der Waals surface area contributed by atoms with Crippen molar-refractivity contribution in [1.82, 2.24) is 10.2 Å². The second kappa shape index (κ2) is 5.98. The van der Waals surface area contributed by atoms with Gasteiger partial charge in [0.2, 0.25) is 5.91 Å². The van der Waals surface area contributed by atoms with Gasteiger partial charge in [0.25, 0.3) is 0 Å². The van der Waals surface area contributed by atoms with Crippen LogP contribution in [-0.4, -0.2) is 50.2 Å². The fraction of sp³-hybridized carbons (Fsp3) is 0.900. The summed E-state index contributed by atoms with van der Waals surface area (Å²) in [7, 11) is 1.53. The van der Waals surface area contributed by atoms with E-state index in [2.05, 4.69) is 17.1 Å². The summed E-state index contributed by atoms with van der Waals surface area (Å²) in [6, 6.07) is 0.443. The summed E-state index contributed by atoms with van der Waals surface area (Å²) in [6.45, 7) is 5.37. The van der Waals surface area contributed by atoms with Crippen LogP contribution in [0.4, 0.5) is 0 Å². The number of hydrogen-bond donors (Lipinski definition) is 1. The number of nitrogens with zero attached hydrogens (tertiary/aromatic N) is 1. The maximum atomic E-state index is 11.1. The standard InChI is InChI=1S/C10H20N2O2/c1-9(12-5-3-4-6-12)7-11-10(13)8-14-2/h9H,3-8H2,1-2H3,(H,11,13)/t9-/m0/s1. The maximum Gasteiger partial charge on any atom is 0.246 e. The summed E-state index contributed by atoms with van der Waals surface area (Å²) in [5, 5.41) is 2.85. The van der Waals surface area contributed by atoms with E-state index in [1.54, 1.807) is 0 Å². The highest BCUT2D eigenvalue weighted by Gasteiger charge is 2.17. The van der Waals surface area contributed by atoms with E-state index in [4.69, 9.17) is 4.74 Å². The predicted molar refractivity (Wildman–Crippen MR) is 55.2 cm³/mol. The highest BCUT2D eigenvalue weighted by atomic mass is 16.5. The molecule has 0 aliphatic carbocycles. The van der Waals surface area contributed by atoms with Crippen LogP contribution in [0.25, 0.3) is 0 Å². The molecular weight excluding hydrogens is 180 g/mol. The van der Waals surface area contributed by atoms with E-state index in [-0.39, 0.29) is 12.5 Å². The van der Waals surface area contributed by atoms with Gasteiger partial charge in [-0.3, -0.25) is 9.69 Å². The van der Waals surface area contributed by atoms with Crippen molar-refractivity contribution in [3.63, 3.8) is 0 Å². The summed E-state index contributed by atoms with van der Waals surface area (Å²) in [5.74, 6) is -0.0291. The number of rotatable bonds is 5. The van der Waals surface area contributed by atoms with Gasteiger partial charge in [-0.2, -0.15) is 0 Å². The Kier molecular flexibility index (Phi) is 4.90. The second-order valence-electron chi connectivity index (χ2n) is 3.83. The number of carbonyl (C=O) groups is 1. The van der Waals surface area contributed by atoms with Crippen LogP contribution in [0.5, 0.6) is 0 Å². The fourth-order valence-electron chi connectivity index (χ4n) is 1.76. The lowest BCUT2D eigenvalue weighted by Gasteiger charge is -2.23. The molecule has 1 aliphatic heterocycles. The Bertz CT molecular complexity index is 179. The Morgan fingerprint density at radius 1 is 1.50 bits per heavy atom. The summed E-state index contributed by atoms with van der Waals surface area (Å²) >= 11 is 0. The topological polar surface area (TPSA) is 41.6 Å². The van der Waals surface area contributed by atoms with Gasteiger partial charge in [0.1, 0.15) is 6.61 Å². The molecule has 0 aromatic rings. The Morgan fingerprint density at radius 2 is 2.14 bits per heavy atom. The molecule has 1 atom stereocenters. The van der Waals surface area contributed by atoms with Gasteiger partial charge in [-0.15, -0.1) is 0 Å². The molecule has 0 aromatic heterocycles. The lowest BCUT2D eigenvalue weighted by Crippen LogP contribution is -2.41. The van der Waals surface area contributed by atoms with Gasteiger partial charge in [-0.1, -0.05) is 0 Å². The minimum absolute atomic E-state index is 0.0291. The van der Waals surface area contributed by atoms with Crippen LogP contribution < -0.4 is 5.32 Å². The molecule has 1 heterocycles. The minimum atomic E-state index is -0.0291. The molecule has 4 heteroatoms. The van der Waals surface area contributed by atoms with Crippen LogP contribution in [0.3, 0.4) is 0 Å². The van der Waals surface area contributed by atoms with Crippen LogP contribution >= 0.6 is 0 Å². The summed E-state index contributed by atoms with van der Waals surface area (Å²) < 4.78 is 4.74. The average Bonchev–Trinajstić information content (AvgIpc) is 2.67. The van der Waals surface area contributed by atoms with E-state index in [0.717, 1.165) is 6.54 Å². The van der Waals surface area contributed by atoms with Crippen molar-refractivity contribution in [2.45, 2.75) is 25.8 Å². The number of hydrogen-bond acceptors (Lipinski definition) is 3. The van der Waals surface area contributed by atoms with Crippen molar-refractivity contribution in [1.29, 1.82) is 0 Å². The molecule has 1 saturated heterocycles. The Balaban J connectivity index is 2.13. The molecule has 82 valence electrons. The summed E-state index contributed by atoms with van der Waals surface area (Å²) in [4.78, 5) is 13.5. The van der Waals surface area contributed by atoms with Crippen LogP contribution in [0.2, 0.25) is 0 Å². The third kappa shape index (κ3) is 3.64. The van der Waals surface area contributed by atoms with Crippen molar-refractivity contribution in [2.24, 2.45) is 0 Å². The van der Waals surface area contributed by atoms with E-state index in [1.165, 1.54) is 33.0 Å². The van der Waals surface area contributed by atoms with Gasteiger partial charge in [0, 0.05) is 19.7 Å². The average molecular weight is 200 g/mol. The molecule has 1 amide bonds. The van der Waals surface area contributed by atoms with Crippen molar-refractivity contribution in [2.75, 3.05) is 33.4 Å². The molecule has 14 heavy (non-hydrogen) atoms. The molecule has 0 spiro atoms. The number of ether oxygens (including phenoxy) is 1. The molecule has 0 saturated carbocycles. The van der Waals surface area contributed by atoms with Crippen molar-refractivity contribution in [3.8, 4) is 0 Å². The largest absolute Gasteiger partial charge is 0.375 e. The minimum Gasteiger partial charge on any atom is -0.375 e. The van der Waals surface area contributed by atoms with Gasteiger partial charge in [-0.25, -0.2) is 0 Å². The third-order valence-corrected chi connectivity index (χ3v) is 2.63. The molecule has 4 nitrogen and oxygen atoms in total. The van der Waals surface area contributed by atoms with E-state index in [1.807, 2.05) is 0 Å². The van der Waals surface area contributed by atoms with Gasteiger partial charge >= 0.3 is 0 Å². The van der Waals surface area contributed by atoms with Crippen LogP contribution in [0.1, 0.15) is 19.8 Å². The maximum absolute atomic E-state index is 11.1. The first-order valence-electron chi connectivity index (χ1n) is 5.23. The van der Waals surface area contributed by atoms with Gasteiger partial charge in [-0.05, 0) is 32.9 Å². The zero-order valence-corrected chi connectivity index (χ0v) is 9.08. The smallest absolute Gasteiger partial charge is 0.246 e. The normalized spacial score (nSPS) is 19.6. The predicted octanol–water partition coefficient (Wildman–Crippen LogP) is 0.233. The Morgan fingerprint density at radius 3 is 2.71 bits per heavy atom. The zero-order chi connectivity index (χ0) is 10.4. The zero-order valence-electron chi connectivity index (χ0n) is 9.08.